The average Bonchev–Trinajstić information content (AvgIpc) is 2.28. The SMILES string of the molecule is COC(=O)CC(O)C(O)c1ccc(S)cc1. The summed E-state index contributed by atoms with van der Waals surface area (Å²) >= 11 is 4.10. The highest BCUT2D eigenvalue weighted by Crippen LogP contribution is 2.20. The number of methoxy groups -OCH3 is 1. The van der Waals surface area contributed by atoms with Crippen LogP contribution in [0.1, 0.15) is 18.1 Å². The molecule has 0 saturated heterocycles. The van der Waals surface area contributed by atoms with Gasteiger partial charge in [0.05, 0.1) is 19.6 Å². The molecule has 4 nitrogen and oxygen atoms in total. The number of thiol groups is 1. The maximum absolute atomic E-state index is 10.9. The molecule has 0 bridgehead atoms. The molecule has 0 amide bonds. The van der Waals surface area contributed by atoms with Gasteiger partial charge in [-0.25, -0.2) is 0 Å². The van der Waals surface area contributed by atoms with Crippen molar-refractivity contribution in [3.05, 3.63) is 29.8 Å². The first-order chi connectivity index (χ1) is 7.54. The predicted molar refractivity (Wildman–Crippen MR) is 61.3 cm³/mol. The number of hydrogen-bond acceptors (Lipinski definition) is 5. The van der Waals surface area contributed by atoms with Gasteiger partial charge in [0.15, 0.2) is 0 Å². The second-order valence-corrected chi connectivity index (χ2v) is 3.90. The lowest BCUT2D eigenvalue weighted by Crippen LogP contribution is -2.22. The number of aliphatic hydroxyl groups is 2. The molecular formula is C11H14O4S. The topological polar surface area (TPSA) is 66.8 Å². The minimum atomic E-state index is -1.17. The van der Waals surface area contributed by atoms with Gasteiger partial charge in [0.25, 0.3) is 0 Å². The Morgan fingerprint density at radius 3 is 2.44 bits per heavy atom. The van der Waals surface area contributed by atoms with E-state index >= 15 is 0 Å². The molecule has 2 atom stereocenters. The zero-order valence-electron chi connectivity index (χ0n) is 8.83. The lowest BCUT2D eigenvalue weighted by atomic mass is 10.0. The fraction of sp³-hybridized carbons (Fsp3) is 0.364. The lowest BCUT2D eigenvalue weighted by molar-refractivity contribution is -0.144. The highest BCUT2D eigenvalue weighted by molar-refractivity contribution is 7.80. The second-order valence-electron chi connectivity index (χ2n) is 3.38. The molecule has 0 heterocycles. The Kier molecular flexibility index (Phi) is 4.79. The molecule has 0 aliphatic carbocycles. The zero-order valence-corrected chi connectivity index (χ0v) is 9.72. The minimum Gasteiger partial charge on any atom is -0.469 e. The molecule has 1 aromatic carbocycles. The van der Waals surface area contributed by atoms with Crippen molar-refractivity contribution in [3.8, 4) is 0 Å². The third kappa shape index (κ3) is 3.52. The Labute approximate surface area is 99.3 Å². The number of aliphatic hydroxyl groups excluding tert-OH is 2. The van der Waals surface area contributed by atoms with Crippen molar-refractivity contribution in [2.45, 2.75) is 23.5 Å². The molecule has 0 aliphatic rings. The maximum atomic E-state index is 10.9. The molecule has 1 rings (SSSR count). The minimum absolute atomic E-state index is 0.236. The summed E-state index contributed by atoms with van der Waals surface area (Å²) in [5.74, 6) is -0.558. The maximum Gasteiger partial charge on any atom is 0.308 e. The third-order valence-electron chi connectivity index (χ3n) is 2.20. The number of benzene rings is 1. The highest BCUT2D eigenvalue weighted by atomic mass is 32.1. The van der Waals surface area contributed by atoms with E-state index in [0.29, 0.717) is 5.56 Å². The fourth-order valence-electron chi connectivity index (χ4n) is 1.26. The van der Waals surface area contributed by atoms with Gasteiger partial charge in [-0.15, -0.1) is 12.6 Å². The van der Waals surface area contributed by atoms with Crippen LogP contribution < -0.4 is 0 Å². The van der Waals surface area contributed by atoms with Crippen molar-refractivity contribution in [1.29, 1.82) is 0 Å². The summed E-state index contributed by atoms with van der Waals surface area (Å²) in [6.45, 7) is 0. The highest BCUT2D eigenvalue weighted by Gasteiger charge is 2.21. The van der Waals surface area contributed by atoms with Crippen LogP contribution in [-0.4, -0.2) is 29.4 Å². The monoisotopic (exact) mass is 242 g/mol. The molecule has 0 aliphatic heterocycles. The van der Waals surface area contributed by atoms with Crippen molar-refractivity contribution < 1.29 is 19.7 Å². The van der Waals surface area contributed by atoms with Gasteiger partial charge in [-0.3, -0.25) is 4.79 Å². The number of hydrogen-bond donors (Lipinski definition) is 3. The second kappa shape index (κ2) is 5.89. The predicted octanol–water partition coefficient (Wildman–Crippen LogP) is 0.933. The first-order valence-electron chi connectivity index (χ1n) is 4.76. The van der Waals surface area contributed by atoms with E-state index in [1.807, 2.05) is 0 Å². The Bertz CT molecular complexity index is 350. The molecule has 5 heteroatoms. The van der Waals surface area contributed by atoms with Gasteiger partial charge in [0.2, 0.25) is 0 Å². The summed E-state index contributed by atoms with van der Waals surface area (Å²) in [6, 6.07) is 6.69. The van der Waals surface area contributed by atoms with Crippen LogP contribution in [0.5, 0.6) is 0 Å². The standard InChI is InChI=1S/C11H14O4S/c1-15-10(13)6-9(12)11(14)7-2-4-8(16)5-3-7/h2-5,9,11-12,14,16H,6H2,1H3. The number of rotatable bonds is 4. The Morgan fingerprint density at radius 2 is 1.94 bits per heavy atom. The van der Waals surface area contributed by atoms with Crippen LogP contribution in [0.2, 0.25) is 0 Å². The van der Waals surface area contributed by atoms with E-state index in [2.05, 4.69) is 17.4 Å². The van der Waals surface area contributed by atoms with Gasteiger partial charge in [-0.1, -0.05) is 12.1 Å². The first-order valence-corrected chi connectivity index (χ1v) is 5.21. The smallest absolute Gasteiger partial charge is 0.308 e. The van der Waals surface area contributed by atoms with E-state index in [9.17, 15) is 15.0 Å². The Morgan fingerprint density at radius 1 is 1.38 bits per heavy atom. The Balaban J connectivity index is 2.66. The van der Waals surface area contributed by atoms with Gasteiger partial charge in [0.1, 0.15) is 6.10 Å². The van der Waals surface area contributed by atoms with Gasteiger partial charge in [-0.2, -0.15) is 0 Å². The number of ether oxygens (including phenoxy) is 1. The summed E-state index contributed by atoms with van der Waals surface area (Å²) in [7, 11) is 1.23. The van der Waals surface area contributed by atoms with Crippen LogP contribution >= 0.6 is 12.6 Å². The van der Waals surface area contributed by atoms with Crippen LogP contribution in [0.25, 0.3) is 0 Å². The van der Waals surface area contributed by atoms with Crippen LogP contribution in [0, 0.1) is 0 Å². The molecule has 88 valence electrons. The summed E-state index contributed by atoms with van der Waals surface area (Å²) in [5, 5.41) is 19.3. The van der Waals surface area contributed by atoms with Gasteiger partial charge >= 0.3 is 5.97 Å². The molecule has 16 heavy (non-hydrogen) atoms. The molecular weight excluding hydrogens is 228 g/mol. The van der Waals surface area contributed by atoms with Crippen molar-refractivity contribution >= 4 is 18.6 Å². The molecule has 0 fully saturated rings. The van der Waals surface area contributed by atoms with E-state index in [0.717, 1.165) is 4.90 Å². The number of carbonyl (C=O) groups excluding carboxylic acids is 1. The van der Waals surface area contributed by atoms with Crippen molar-refractivity contribution in [3.63, 3.8) is 0 Å². The molecule has 0 aromatic heterocycles. The fourth-order valence-corrected chi connectivity index (χ4v) is 1.41. The van der Waals surface area contributed by atoms with E-state index in [1.54, 1.807) is 24.3 Å². The Hall–Kier alpha value is -1.04. The van der Waals surface area contributed by atoms with Crippen LogP contribution in [-0.2, 0) is 9.53 Å². The normalized spacial score (nSPS) is 14.2. The molecule has 0 spiro atoms. The quantitative estimate of drug-likeness (QED) is 0.543. The average molecular weight is 242 g/mol. The molecule has 2 N–H and O–H groups in total. The first kappa shape index (κ1) is 13.0. The van der Waals surface area contributed by atoms with Crippen molar-refractivity contribution in [1.82, 2.24) is 0 Å². The van der Waals surface area contributed by atoms with E-state index in [4.69, 9.17) is 0 Å². The van der Waals surface area contributed by atoms with Crippen molar-refractivity contribution in [2.75, 3.05) is 7.11 Å². The summed E-state index contributed by atoms with van der Waals surface area (Å²) in [5.41, 5.74) is 0.536. The van der Waals surface area contributed by atoms with Gasteiger partial charge in [0, 0.05) is 4.90 Å². The summed E-state index contributed by atoms with van der Waals surface area (Å²) in [6.07, 6.45) is -2.51. The molecule has 0 saturated carbocycles. The van der Waals surface area contributed by atoms with Crippen molar-refractivity contribution in [2.24, 2.45) is 0 Å². The van der Waals surface area contributed by atoms with Crippen LogP contribution in [0.15, 0.2) is 29.2 Å². The van der Waals surface area contributed by atoms with E-state index < -0.39 is 18.2 Å². The number of esters is 1. The third-order valence-corrected chi connectivity index (χ3v) is 2.50. The number of carbonyl (C=O) groups is 1. The zero-order chi connectivity index (χ0) is 12.1. The largest absolute Gasteiger partial charge is 0.469 e. The van der Waals surface area contributed by atoms with E-state index in [-0.39, 0.29) is 6.42 Å². The lowest BCUT2D eigenvalue weighted by Gasteiger charge is -2.17. The molecule has 0 radical (unpaired) electrons. The summed E-state index contributed by atoms with van der Waals surface area (Å²) < 4.78 is 4.40. The van der Waals surface area contributed by atoms with Gasteiger partial charge < -0.3 is 14.9 Å². The van der Waals surface area contributed by atoms with E-state index in [1.165, 1.54) is 7.11 Å². The molecule has 1 aromatic rings. The van der Waals surface area contributed by atoms with Crippen LogP contribution in [0.3, 0.4) is 0 Å². The summed E-state index contributed by atoms with van der Waals surface area (Å²) in [4.78, 5) is 11.7. The molecule has 2 unspecified atom stereocenters. The van der Waals surface area contributed by atoms with Crippen LogP contribution in [0.4, 0.5) is 0 Å². The van der Waals surface area contributed by atoms with Gasteiger partial charge in [-0.05, 0) is 17.7 Å².